The van der Waals surface area contributed by atoms with Crippen molar-refractivity contribution in [1.29, 1.82) is 0 Å². The number of hydrogen-bond acceptors (Lipinski definition) is 3. The highest BCUT2D eigenvalue weighted by Crippen LogP contribution is 2.18. The summed E-state index contributed by atoms with van der Waals surface area (Å²) in [6.45, 7) is 6.05. The fourth-order valence-corrected chi connectivity index (χ4v) is 2.09. The van der Waals surface area contributed by atoms with Crippen LogP contribution >= 0.6 is 0 Å². The third-order valence-corrected chi connectivity index (χ3v) is 3.24. The van der Waals surface area contributed by atoms with Crippen LogP contribution in [0.1, 0.15) is 24.2 Å². The van der Waals surface area contributed by atoms with E-state index in [0.29, 0.717) is 5.69 Å². The van der Waals surface area contributed by atoms with E-state index in [0.717, 1.165) is 24.8 Å². The van der Waals surface area contributed by atoms with Gasteiger partial charge in [-0.2, -0.15) is 4.39 Å². The number of benzene rings is 1. The van der Waals surface area contributed by atoms with E-state index >= 15 is 0 Å². The molecule has 1 amide bonds. The summed E-state index contributed by atoms with van der Waals surface area (Å²) in [6.07, 6.45) is 1.27. The van der Waals surface area contributed by atoms with Gasteiger partial charge in [-0.15, -0.1) is 0 Å². The number of pyridine rings is 1. The lowest BCUT2D eigenvalue weighted by atomic mass is 10.2. The van der Waals surface area contributed by atoms with Crippen molar-refractivity contribution in [2.75, 3.05) is 23.3 Å². The average Bonchev–Trinajstić information content (AvgIpc) is 2.50. The largest absolute Gasteiger partial charge is 0.372 e. The molecule has 1 aromatic heterocycles. The van der Waals surface area contributed by atoms with Crippen LogP contribution in [0.25, 0.3) is 0 Å². The summed E-state index contributed by atoms with van der Waals surface area (Å²) < 4.78 is 13.0. The van der Waals surface area contributed by atoms with Gasteiger partial charge in [-0.1, -0.05) is 0 Å². The first-order chi connectivity index (χ1) is 10.1. The highest BCUT2D eigenvalue weighted by Gasteiger charge is 2.08. The van der Waals surface area contributed by atoms with Gasteiger partial charge in [0.2, 0.25) is 5.95 Å². The molecule has 0 fully saturated rings. The van der Waals surface area contributed by atoms with E-state index in [1.54, 1.807) is 0 Å². The summed E-state index contributed by atoms with van der Waals surface area (Å²) in [5, 5.41) is 2.74. The molecule has 0 aliphatic heterocycles. The smallest absolute Gasteiger partial charge is 0.255 e. The molecular formula is C16H18FN3O. The minimum atomic E-state index is -0.667. The normalized spacial score (nSPS) is 10.2. The maximum atomic E-state index is 13.0. The topological polar surface area (TPSA) is 45.2 Å². The van der Waals surface area contributed by atoms with Gasteiger partial charge in [0.05, 0.1) is 0 Å². The maximum absolute atomic E-state index is 13.0. The SMILES string of the molecule is CCN(CC)c1ccc(NC(=O)c2ccnc(F)c2)cc1. The molecule has 0 saturated heterocycles. The third kappa shape index (κ3) is 3.78. The number of carbonyl (C=O) groups is 1. The van der Waals surface area contributed by atoms with Gasteiger partial charge in [0, 0.05) is 42.3 Å². The first-order valence-electron chi connectivity index (χ1n) is 6.92. The Labute approximate surface area is 123 Å². The Bertz CT molecular complexity index is 609. The molecular weight excluding hydrogens is 269 g/mol. The molecule has 2 aromatic rings. The molecule has 0 spiro atoms. The molecule has 0 unspecified atom stereocenters. The molecule has 0 aliphatic rings. The second-order valence-corrected chi connectivity index (χ2v) is 4.54. The zero-order chi connectivity index (χ0) is 15.2. The first-order valence-corrected chi connectivity index (χ1v) is 6.92. The lowest BCUT2D eigenvalue weighted by Gasteiger charge is -2.21. The second-order valence-electron chi connectivity index (χ2n) is 4.54. The molecule has 21 heavy (non-hydrogen) atoms. The Morgan fingerprint density at radius 2 is 1.86 bits per heavy atom. The Morgan fingerprint density at radius 1 is 1.19 bits per heavy atom. The predicted octanol–water partition coefficient (Wildman–Crippen LogP) is 3.32. The van der Waals surface area contributed by atoms with Crippen molar-refractivity contribution < 1.29 is 9.18 Å². The number of nitrogens with one attached hydrogen (secondary N) is 1. The lowest BCUT2D eigenvalue weighted by Crippen LogP contribution is -2.21. The van der Waals surface area contributed by atoms with Gasteiger partial charge in [-0.05, 0) is 44.2 Å². The van der Waals surface area contributed by atoms with Crippen molar-refractivity contribution in [3.63, 3.8) is 0 Å². The molecule has 0 saturated carbocycles. The van der Waals surface area contributed by atoms with Gasteiger partial charge < -0.3 is 10.2 Å². The molecule has 0 aliphatic carbocycles. The van der Waals surface area contributed by atoms with Crippen molar-refractivity contribution >= 4 is 17.3 Å². The van der Waals surface area contributed by atoms with E-state index in [4.69, 9.17) is 0 Å². The highest BCUT2D eigenvalue weighted by atomic mass is 19.1. The Kier molecular flexibility index (Phi) is 4.87. The first kappa shape index (κ1) is 15.0. The van der Waals surface area contributed by atoms with Crippen molar-refractivity contribution in [1.82, 2.24) is 4.98 Å². The number of amides is 1. The van der Waals surface area contributed by atoms with Crippen molar-refractivity contribution in [2.45, 2.75) is 13.8 Å². The molecule has 0 radical (unpaired) electrons. The van der Waals surface area contributed by atoms with E-state index in [9.17, 15) is 9.18 Å². The summed E-state index contributed by atoms with van der Waals surface area (Å²) in [5.41, 5.74) is 2.02. The van der Waals surface area contributed by atoms with Crippen LogP contribution in [0, 0.1) is 5.95 Å². The van der Waals surface area contributed by atoms with Crippen LogP contribution in [0.15, 0.2) is 42.6 Å². The number of rotatable bonds is 5. The van der Waals surface area contributed by atoms with Crippen LogP contribution in [-0.2, 0) is 0 Å². The summed E-state index contributed by atoms with van der Waals surface area (Å²) in [5.74, 6) is -1.02. The molecule has 2 rings (SSSR count). The predicted molar refractivity (Wildman–Crippen MR) is 82.2 cm³/mol. The van der Waals surface area contributed by atoms with Crippen LogP contribution in [-0.4, -0.2) is 24.0 Å². The number of hydrogen-bond donors (Lipinski definition) is 1. The standard InChI is InChI=1S/C16H18FN3O/c1-3-20(4-2)14-7-5-13(6-8-14)19-16(21)12-9-10-18-15(17)11-12/h5-11H,3-4H2,1-2H3,(H,19,21). The van der Waals surface area contributed by atoms with Crippen LogP contribution in [0.3, 0.4) is 0 Å². The fraction of sp³-hybridized carbons (Fsp3) is 0.250. The average molecular weight is 287 g/mol. The summed E-state index contributed by atoms with van der Waals surface area (Å²) in [6, 6.07) is 10.2. The van der Waals surface area contributed by atoms with Crippen molar-refractivity contribution in [2.24, 2.45) is 0 Å². The monoisotopic (exact) mass is 287 g/mol. The Balaban J connectivity index is 2.08. The van der Waals surface area contributed by atoms with Crippen molar-refractivity contribution in [3.05, 3.63) is 54.1 Å². The van der Waals surface area contributed by atoms with E-state index in [-0.39, 0.29) is 11.5 Å². The number of carbonyl (C=O) groups excluding carboxylic acids is 1. The highest BCUT2D eigenvalue weighted by molar-refractivity contribution is 6.04. The van der Waals surface area contributed by atoms with Gasteiger partial charge in [0.25, 0.3) is 5.91 Å². The number of aromatic nitrogens is 1. The third-order valence-electron chi connectivity index (χ3n) is 3.24. The summed E-state index contributed by atoms with van der Waals surface area (Å²) >= 11 is 0. The number of anilines is 2. The van der Waals surface area contributed by atoms with Crippen LogP contribution in [0.5, 0.6) is 0 Å². The Hall–Kier alpha value is -2.43. The molecule has 0 bridgehead atoms. The van der Waals surface area contributed by atoms with Gasteiger partial charge >= 0.3 is 0 Å². The van der Waals surface area contributed by atoms with Crippen molar-refractivity contribution in [3.8, 4) is 0 Å². The second kappa shape index (κ2) is 6.83. The van der Waals surface area contributed by atoms with Gasteiger partial charge in [0.15, 0.2) is 0 Å². The summed E-state index contributed by atoms with van der Waals surface area (Å²) in [7, 11) is 0. The number of halogens is 1. The maximum Gasteiger partial charge on any atom is 0.255 e. The van der Waals surface area contributed by atoms with Crippen LogP contribution in [0.4, 0.5) is 15.8 Å². The van der Waals surface area contributed by atoms with E-state index in [1.807, 2.05) is 24.3 Å². The fourth-order valence-electron chi connectivity index (χ4n) is 2.09. The van der Waals surface area contributed by atoms with E-state index < -0.39 is 5.95 Å². The van der Waals surface area contributed by atoms with E-state index in [1.165, 1.54) is 12.3 Å². The number of nitrogens with zero attached hydrogens (tertiary/aromatic N) is 2. The molecule has 4 nitrogen and oxygen atoms in total. The van der Waals surface area contributed by atoms with Crippen LogP contribution < -0.4 is 10.2 Å². The van der Waals surface area contributed by atoms with Gasteiger partial charge in [-0.3, -0.25) is 4.79 Å². The zero-order valence-electron chi connectivity index (χ0n) is 12.1. The van der Waals surface area contributed by atoms with Gasteiger partial charge in [-0.25, -0.2) is 4.98 Å². The van der Waals surface area contributed by atoms with E-state index in [2.05, 4.69) is 29.0 Å². The summed E-state index contributed by atoms with van der Waals surface area (Å²) in [4.78, 5) is 17.6. The zero-order valence-corrected chi connectivity index (χ0v) is 12.1. The minimum Gasteiger partial charge on any atom is -0.372 e. The molecule has 1 N–H and O–H groups in total. The molecule has 5 heteroatoms. The van der Waals surface area contributed by atoms with Gasteiger partial charge in [0.1, 0.15) is 0 Å². The molecule has 1 aromatic carbocycles. The Morgan fingerprint density at radius 3 is 2.43 bits per heavy atom. The molecule has 110 valence electrons. The molecule has 0 atom stereocenters. The lowest BCUT2D eigenvalue weighted by molar-refractivity contribution is 0.102. The molecule has 1 heterocycles. The minimum absolute atomic E-state index is 0.246. The van der Waals surface area contributed by atoms with Crippen LogP contribution in [0.2, 0.25) is 0 Å². The quantitative estimate of drug-likeness (QED) is 0.858.